The Morgan fingerprint density at radius 3 is 2.38 bits per heavy atom. The zero-order valence-electron chi connectivity index (χ0n) is 16.8. The Kier molecular flexibility index (Phi) is 5.82. The lowest BCUT2D eigenvalue weighted by Crippen LogP contribution is -2.24. The normalized spacial score (nSPS) is 11.9. The van der Waals surface area contributed by atoms with Crippen molar-refractivity contribution in [2.75, 3.05) is 7.11 Å². The molecule has 6 heteroatoms. The van der Waals surface area contributed by atoms with Crippen LogP contribution >= 0.6 is 0 Å². The molecule has 1 heterocycles. The molecule has 1 atom stereocenters. The highest BCUT2D eigenvalue weighted by Gasteiger charge is 2.21. The highest BCUT2D eigenvalue weighted by Crippen LogP contribution is 2.30. The van der Waals surface area contributed by atoms with Gasteiger partial charge in [0.1, 0.15) is 11.3 Å². The summed E-state index contributed by atoms with van der Waals surface area (Å²) in [7, 11) is 1.27. The minimum absolute atomic E-state index is 0.142. The molecule has 3 rings (SSSR count). The van der Waals surface area contributed by atoms with Crippen molar-refractivity contribution in [2.24, 2.45) is 0 Å². The standard InChI is InChI=1S/C23H22O6/c1-13-17-10-11-19(28-15(3)21(25)16-8-6-5-7-9-16)14(2)22(17)29-23(26)18(13)12-20(24)27-4/h5-11,15H,12H2,1-4H3. The van der Waals surface area contributed by atoms with Crippen molar-refractivity contribution in [3.63, 3.8) is 0 Å². The van der Waals surface area contributed by atoms with Crippen molar-refractivity contribution >= 4 is 22.7 Å². The maximum absolute atomic E-state index is 12.6. The fourth-order valence-corrected chi connectivity index (χ4v) is 3.20. The van der Waals surface area contributed by atoms with Gasteiger partial charge in [-0.25, -0.2) is 4.79 Å². The summed E-state index contributed by atoms with van der Waals surface area (Å²) in [6.45, 7) is 5.21. The zero-order valence-corrected chi connectivity index (χ0v) is 16.8. The van der Waals surface area contributed by atoms with Crippen LogP contribution in [0.25, 0.3) is 11.0 Å². The lowest BCUT2D eigenvalue weighted by molar-refractivity contribution is -0.139. The lowest BCUT2D eigenvalue weighted by Gasteiger charge is -2.17. The van der Waals surface area contributed by atoms with Crippen molar-refractivity contribution in [2.45, 2.75) is 33.3 Å². The Bertz CT molecular complexity index is 1130. The molecule has 0 spiro atoms. The fourth-order valence-electron chi connectivity index (χ4n) is 3.20. The molecule has 0 radical (unpaired) electrons. The number of rotatable bonds is 6. The second-order valence-electron chi connectivity index (χ2n) is 6.80. The minimum atomic E-state index is -0.708. The zero-order chi connectivity index (χ0) is 21.1. The molecule has 29 heavy (non-hydrogen) atoms. The minimum Gasteiger partial charge on any atom is -0.482 e. The SMILES string of the molecule is COC(=O)Cc1c(C)c2ccc(OC(C)C(=O)c3ccccc3)c(C)c2oc1=O. The summed E-state index contributed by atoms with van der Waals surface area (Å²) >= 11 is 0. The number of benzene rings is 2. The summed E-state index contributed by atoms with van der Waals surface area (Å²) in [5, 5.41) is 0.704. The van der Waals surface area contributed by atoms with E-state index in [1.807, 2.05) is 6.07 Å². The van der Waals surface area contributed by atoms with Crippen LogP contribution in [-0.2, 0) is 16.0 Å². The fraction of sp³-hybridized carbons (Fsp3) is 0.261. The predicted molar refractivity (Wildman–Crippen MR) is 109 cm³/mol. The summed E-state index contributed by atoms with van der Waals surface area (Å²) in [5.41, 5.74) is 1.88. The highest BCUT2D eigenvalue weighted by atomic mass is 16.5. The van der Waals surface area contributed by atoms with E-state index in [1.54, 1.807) is 57.2 Å². The number of Topliss-reactive ketones (excluding diaryl/α,β-unsaturated/α-hetero) is 1. The second kappa shape index (κ2) is 8.31. The van der Waals surface area contributed by atoms with E-state index < -0.39 is 17.7 Å². The summed E-state index contributed by atoms with van der Waals surface area (Å²) in [5.74, 6) is -0.196. The van der Waals surface area contributed by atoms with E-state index in [0.29, 0.717) is 33.4 Å². The molecule has 0 saturated heterocycles. The number of esters is 1. The van der Waals surface area contributed by atoms with E-state index in [2.05, 4.69) is 4.74 Å². The van der Waals surface area contributed by atoms with Crippen molar-refractivity contribution < 1.29 is 23.5 Å². The number of methoxy groups -OCH3 is 1. The van der Waals surface area contributed by atoms with Gasteiger partial charge in [0, 0.05) is 16.5 Å². The quantitative estimate of drug-likeness (QED) is 0.359. The van der Waals surface area contributed by atoms with Crippen LogP contribution in [0, 0.1) is 13.8 Å². The maximum Gasteiger partial charge on any atom is 0.340 e. The van der Waals surface area contributed by atoms with Gasteiger partial charge in [-0.15, -0.1) is 0 Å². The number of carbonyl (C=O) groups is 2. The summed E-state index contributed by atoms with van der Waals surface area (Å²) in [6.07, 6.45) is -0.861. The topological polar surface area (TPSA) is 82.8 Å². The van der Waals surface area contributed by atoms with Gasteiger partial charge in [-0.1, -0.05) is 30.3 Å². The molecule has 0 aliphatic carbocycles. The first kappa shape index (κ1) is 20.3. The average Bonchev–Trinajstić information content (AvgIpc) is 2.73. The predicted octanol–water partition coefficient (Wildman–Crippen LogP) is 3.78. The molecule has 150 valence electrons. The van der Waals surface area contributed by atoms with Gasteiger partial charge in [0.25, 0.3) is 0 Å². The van der Waals surface area contributed by atoms with Gasteiger partial charge in [-0.05, 0) is 38.5 Å². The van der Waals surface area contributed by atoms with Crippen LogP contribution < -0.4 is 10.4 Å². The molecular weight excluding hydrogens is 372 g/mol. The summed E-state index contributed by atoms with van der Waals surface area (Å²) < 4.78 is 16.0. The Morgan fingerprint density at radius 1 is 1.03 bits per heavy atom. The molecule has 0 bridgehead atoms. The first-order chi connectivity index (χ1) is 13.8. The van der Waals surface area contributed by atoms with Gasteiger partial charge in [-0.2, -0.15) is 0 Å². The van der Waals surface area contributed by atoms with E-state index in [-0.39, 0.29) is 17.8 Å². The molecule has 0 fully saturated rings. The van der Waals surface area contributed by atoms with E-state index >= 15 is 0 Å². The second-order valence-corrected chi connectivity index (χ2v) is 6.80. The Morgan fingerprint density at radius 2 is 1.72 bits per heavy atom. The van der Waals surface area contributed by atoms with Gasteiger partial charge in [-0.3, -0.25) is 9.59 Å². The van der Waals surface area contributed by atoms with Crippen molar-refractivity contribution in [3.05, 3.63) is 75.1 Å². The van der Waals surface area contributed by atoms with Crippen LogP contribution in [0.3, 0.4) is 0 Å². The number of carbonyl (C=O) groups excluding carboxylic acids is 2. The molecule has 2 aromatic carbocycles. The third-order valence-corrected chi connectivity index (χ3v) is 4.93. The van der Waals surface area contributed by atoms with E-state index in [0.717, 1.165) is 0 Å². The number of ether oxygens (including phenoxy) is 2. The van der Waals surface area contributed by atoms with Crippen molar-refractivity contribution in [1.29, 1.82) is 0 Å². The molecule has 1 aromatic heterocycles. The van der Waals surface area contributed by atoms with Gasteiger partial charge in [0.05, 0.1) is 19.1 Å². The molecule has 3 aromatic rings. The monoisotopic (exact) mass is 394 g/mol. The van der Waals surface area contributed by atoms with Crippen molar-refractivity contribution in [1.82, 2.24) is 0 Å². The van der Waals surface area contributed by atoms with Crippen LogP contribution in [-0.4, -0.2) is 25.0 Å². The van der Waals surface area contributed by atoms with E-state index in [1.165, 1.54) is 7.11 Å². The van der Waals surface area contributed by atoms with Crippen LogP contribution in [0.15, 0.2) is 51.7 Å². The Labute approximate surface area is 168 Å². The van der Waals surface area contributed by atoms with Crippen LogP contribution in [0.2, 0.25) is 0 Å². The summed E-state index contributed by atoms with van der Waals surface area (Å²) in [6, 6.07) is 12.4. The maximum atomic E-state index is 12.6. The number of hydrogen-bond acceptors (Lipinski definition) is 6. The first-order valence-corrected chi connectivity index (χ1v) is 9.22. The van der Waals surface area contributed by atoms with Gasteiger partial charge >= 0.3 is 11.6 Å². The van der Waals surface area contributed by atoms with Crippen LogP contribution in [0.4, 0.5) is 0 Å². The number of aryl methyl sites for hydroxylation is 2. The summed E-state index contributed by atoms with van der Waals surface area (Å²) in [4.78, 5) is 36.6. The first-order valence-electron chi connectivity index (χ1n) is 9.22. The van der Waals surface area contributed by atoms with E-state index in [9.17, 15) is 14.4 Å². The smallest absolute Gasteiger partial charge is 0.340 e. The van der Waals surface area contributed by atoms with E-state index in [4.69, 9.17) is 9.15 Å². The molecular formula is C23H22O6. The average molecular weight is 394 g/mol. The molecule has 0 saturated carbocycles. The highest BCUT2D eigenvalue weighted by molar-refractivity contribution is 5.99. The molecule has 0 amide bonds. The van der Waals surface area contributed by atoms with Crippen LogP contribution in [0.1, 0.15) is 34.0 Å². The lowest BCUT2D eigenvalue weighted by atomic mass is 10.0. The third-order valence-electron chi connectivity index (χ3n) is 4.93. The van der Waals surface area contributed by atoms with Crippen molar-refractivity contribution in [3.8, 4) is 5.75 Å². The third kappa shape index (κ3) is 4.06. The molecule has 6 nitrogen and oxygen atoms in total. The molecule has 0 aliphatic rings. The van der Waals surface area contributed by atoms with Gasteiger partial charge in [0.2, 0.25) is 5.78 Å². The number of hydrogen-bond donors (Lipinski definition) is 0. The number of fused-ring (bicyclic) bond motifs is 1. The van der Waals surface area contributed by atoms with Crippen LogP contribution in [0.5, 0.6) is 5.75 Å². The van der Waals surface area contributed by atoms with Gasteiger partial charge in [0.15, 0.2) is 6.10 Å². The number of ketones is 1. The Hall–Kier alpha value is -3.41. The molecule has 0 aliphatic heterocycles. The molecule has 0 N–H and O–H groups in total. The largest absolute Gasteiger partial charge is 0.482 e. The Balaban J connectivity index is 1.96. The molecule has 1 unspecified atom stereocenters. The van der Waals surface area contributed by atoms with Gasteiger partial charge < -0.3 is 13.9 Å².